The van der Waals surface area contributed by atoms with Gasteiger partial charge in [-0.2, -0.15) is 0 Å². The van der Waals surface area contributed by atoms with Gasteiger partial charge >= 0.3 is 6.09 Å². The lowest BCUT2D eigenvalue weighted by atomic mass is 10.1. The number of nitrogens with zero attached hydrogens (tertiary/aromatic N) is 1. The van der Waals surface area contributed by atoms with E-state index in [0.717, 1.165) is 11.1 Å². The third-order valence-corrected chi connectivity index (χ3v) is 5.14. The lowest BCUT2D eigenvalue weighted by Gasteiger charge is -2.32. The topological polar surface area (TPSA) is 75.7 Å². The number of nitrogens with one attached hydrogen (secondary N) is 1. The summed E-state index contributed by atoms with van der Waals surface area (Å²) in [6.07, 6.45) is -0.568. The Labute approximate surface area is 151 Å². The predicted octanol–water partition coefficient (Wildman–Crippen LogP) is 3.06. The first-order valence-electron chi connectivity index (χ1n) is 8.21. The van der Waals surface area contributed by atoms with Gasteiger partial charge < -0.3 is 10.1 Å². The van der Waals surface area contributed by atoms with Crippen molar-refractivity contribution in [2.24, 2.45) is 0 Å². The van der Waals surface area contributed by atoms with E-state index in [1.807, 2.05) is 25.1 Å². The van der Waals surface area contributed by atoms with Crippen LogP contribution in [0.4, 0.5) is 4.79 Å². The highest BCUT2D eigenvalue weighted by Gasteiger charge is 2.30. The monoisotopic (exact) mass is 370 g/mol. The number of sulfonamides is 1. The van der Waals surface area contributed by atoms with Gasteiger partial charge in [-0.05, 0) is 47.1 Å². The molecular formula is C18H30N2O4S. The third-order valence-electron chi connectivity index (χ3n) is 3.36. The van der Waals surface area contributed by atoms with Crippen LogP contribution in [-0.4, -0.2) is 43.5 Å². The smallest absolute Gasteiger partial charge is 0.408 e. The Morgan fingerprint density at radius 3 is 2.32 bits per heavy atom. The fraction of sp³-hybridized carbons (Fsp3) is 0.611. The lowest BCUT2D eigenvalue weighted by Crippen LogP contribution is -2.53. The minimum absolute atomic E-state index is 0.0757. The molecule has 1 amide bonds. The van der Waals surface area contributed by atoms with E-state index in [1.165, 1.54) is 11.4 Å². The van der Waals surface area contributed by atoms with Crippen LogP contribution < -0.4 is 5.32 Å². The van der Waals surface area contributed by atoms with E-state index in [4.69, 9.17) is 4.74 Å². The van der Waals surface area contributed by atoms with Gasteiger partial charge in [0.1, 0.15) is 5.60 Å². The summed E-state index contributed by atoms with van der Waals surface area (Å²) in [4.78, 5) is 11.9. The van der Waals surface area contributed by atoms with Crippen molar-refractivity contribution in [1.82, 2.24) is 9.62 Å². The zero-order valence-corrected chi connectivity index (χ0v) is 17.0. The average Bonchev–Trinajstić information content (AvgIpc) is 2.33. The molecular weight excluding hydrogens is 340 g/mol. The number of ether oxygens (including phenoxy) is 1. The maximum atomic E-state index is 12.6. The molecule has 142 valence electrons. The van der Waals surface area contributed by atoms with E-state index in [0.29, 0.717) is 0 Å². The number of likely N-dealkylation sites (N-methyl/N-ethyl adjacent to an activating group) is 1. The van der Waals surface area contributed by atoms with Gasteiger partial charge in [0.25, 0.3) is 0 Å². The summed E-state index contributed by atoms with van der Waals surface area (Å²) in [6.45, 7) is 10.9. The van der Waals surface area contributed by atoms with Crippen molar-refractivity contribution in [2.75, 3.05) is 13.6 Å². The molecule has 6 nitrogen and oxygen atoms in total. The van der Waals surface area contributed by atoms with Gasteiger partial charge in [0, 0.05) is 13.6 Å². The molecule has 0 saturated heterocycles. The van der Waals surface area contributed by atoms with E-state index in [1.54, 1.807) is 40.7 Å². The van der Waals surface area contributed by atoms with E-state index in [9.17, 15) is 13.2 Å². The van der Waals surface area contributed by atoms with Crippen LogP contribution in [0.1, 0.15) is 45.7 Å². The highest BCUT2D eigenvalue weighted by molar-refractivity contribution is 7.88. The summed E-state index contributed by atoms with van der Waals surface area (Å²) in [5.41, 5.74) is 0.382. The van der Waals surface area contributed by atoms with Crippen molar-refractivity contribution in [3.05, 3.63) is 35.4 Å². The first kappa shape index (κ1) is 21.4. The molecule has 1 aromatic rings. The van der Waals surface area contributed by atoms with Crippen molar-refractivity contribution in [3.63, 3.8) is 0 Å². The van der Waals surface area contributed by atoms with E-state index >= 15 is 0 Å². The Bertz CT molecular complexity index is 706. The highest BCUT2D eigenvalue weighted by Crippen LogP contribution is 2.15. The second-order valence-electron chi connectivity index (χ2n) is 8.01. The van der Waals surface area contributed by atoms with Crippen LogP contribution in [0, 0.1) is 6.92 Å². The van der Waals surface area contributed by atoms with Crippen LogP contribution in [0.15, 0.2) is 24.3 Å². The second-order valence-corrected chi connectivity index (χ2v) is 10.1. The first-order chi connectivity index (χ1) is 11.2. The van der Waals surface area contributed by atoms with Gasteiger partial charge in [0.15, 0.2) is 0 Å². The number of benzene rings is 1. The molecule has 0 heterocycles. The fourth-order valence-electron chi connectivity index (χ4n) is 2.40. The molecule has 0 aliphatic carbocycles. The zero-order chi connectivity index (χ0) is 19.5. The standard InChI is InChI=1S/C18H30N2O4S/c1-14-9-8-10-15(11-14)12-25(22,23)20(7)13-18(5,6)19-16(21)24-17(2,3)4/h8-11H,12-13H2,1-7H3,(H,19,21). The van der Waals surface area contributed by atoms with Crippen LogP contribution in [0.25, 0.3) is 0 Å². The Hall–Kier alpha value is -1.60. The predicted molar refractivity (Wildman–Crippen MR) is 99.9 cm³/mol. The number of hydrogen-bond donors (Lipinski definition) is 1. The minimum atomic E-state index is -3.49. The molecule has 0 saturated carbocycles. The maximum Gasteiger partial charge on any atom is 0.408 e. The van der Waals surface area contributed by atoms with Crippen LogP contribution in [0.3, 0.4) is 0 Å². The molecule has 0 aromatic heterocycles. The van der Waals surface area contributed by atoms with E-state index in [2.05, 4.69) is 5.32 Å². The Morgan fingerprint density at radius 1 is 1.20 bits per heavy atom. The molecule has 1 N–H and O–H groups in total. The molecule has 0 aliphatic rings. The van der Waals surface area contributed by atoms with Crippen LogP contribution >= 0.6 is 0 Å². The molecule has 0 aliphatic heterocycles. The molecule has 0 atom stereocenters. The van der Waals surface area contributed by atoms with E-state index in [-0.39, 0.29) is 12.3 Å². The number of hydrogen-bond acceptors (Lipinski definition) is 4. The number of alkyl carbamates (subject to hydrolysis) is 1. The van der Waals surface area contributed by atoms with Gasteiger partial charge in [0.05, 0.1) is 11.3 Å². The molecule has 7 heteroatoms. The minimum Gasteiger partial charge on any atom is -0.444 e. The summed E-state index contributed by atoms with van der Waals surface area (Å²) < 4.78 is 31.7. The van der Waals surface area contributed by atoms with Gasteiger partial charge in [-0.1, -0.05) is 29.8 Å². The fourth-order valence-corrected chi connectivity index (χ4v) is 3.74. The molecule has 1 aromatic carbocycles. The Balaban J connectivity index is 2.74. The summed E-state index contributed by atoms with van der Waals surface area (Å²) in [7, 11) is -1.98. The van der Waals surface area contributed by atoms with Crippen molar-refractivity contribution in [2.45, 2.75) is 58.4 Å². The molecule has 25 heavy (non-hydrogen) atoms. The molecule has 0 bridgehead atoms. The van der Waals surface area contributed by atoms with Crippen LogP contribution in [0.5, 0.6) is 0 Å². The third kappa shape index (κ3) is 7.88. The highest BCUT2D eigenvalue weighted by atomic mass is 32.2. The number of carbonyl (C=O) groups excluding carboxylic acids is 1. The van der Waals surface area contributed by atoms with Crippen LogP contribution in [-0.2, 0) is 20.5 Å². The van der Waals surface area contributed by atoms with E-state index < -0.39 is 27.3 Å². The molecule has 0 fully saturated rings. The molecule has 1 rings (SSSR count). The van der Waals surface area contributed by atoms with Crippen molar-refractivity contribution in [3.8, 4) is 0 Å². The average molecular weight is 371 g/mol. The second kappa shape index (κ2) is 7.74. The number of aryl methyl sites for hydroxylation is 1. The largest absolute Gasteiger partial charge is 0.444 e. The Morgan fingerprint density at radius 2 is 1.80 bits per heavy atom. The van der Waals surface area contributed by atoms with Crippen molar-refractivity contribution < 1.29 is 17.9 Å². The Kier molecular flexibility index (Phi) is 6.64. The zero-order valence-electron chi connectivity index (χ0n) is 16.2. The maximum absolute atomic E-state index is 12.6. The number of rotatable bonds is 6. The van der Waals surface area contributed by atoms with Crippen LogP contribution in [0.2, 0.25) is 0 Å². The molecule has 0 unspecified atom stereocenters. The summed E-state index contributed by atoms with van der Waals surface area (Å²) in [6, 6.07) is 7.42. The van der Waals surface area contributed by atoms with Gasteiger partial charge in [-0.15, -0.1) is 0 Å². The number of carbonyl (C=O) groups is 1. The molecule has 0 spiro atoms. The number of amides is 1. The summed E-state index contributed by atoms with van der Waals surface area (Å²) in [5, 5.41) is 2.72. The normalized spacial score (nSPS) is 13.0. The first-order valence-corrected chi connectivity index (χ1v) is 9.82. The van der Waals surface area contributed by atoms with Gasteiger partial charge in [-0.25, -0.2) is 17.5 Å². The van der Waals surface area contributed by atoms with Crippen molar-refractivity contribution >= 4 is 16.1 Å². The van der Waals surface area contributed by atoms with Crippen molar-refractivity contribution in [1.29, 1.82) is 0 Å². The van der Waals surface area contributed by atoms with Gasteiger partial charge in [0.2, 0.25) is 10.0 Å². The van der Waals surface area contributed by atoms with Gasteiger partial charge in [-0.3, -0.25) is 0 Å². The summed E-state index contributed by atoms with van der Waals surface area (Å²) in [5.74, 6) is -0.0757. The lowest BCUT2D eigenvalue weighted by molar-refractivity contribution is 0.0464. The quantitative estimate of drug-likeness (QED) is 0.835. The SMILES string of the molecule is Cc1cccc(CS(=O)(=O)N(C)CC(C)(C)NC(=O)OC(C)(C)C)c1. The molecule has 0 radical (unpaired) electrons. The summed E-state index contributed by atoms with van der Waals surface area (Å²) >= 11 is 0.